The third-order valence-corrected chi connectivity index (χ3v) is 2.69. The van der Waals surface area contributed by atoms with Crippen molar-refractivity contribution in [2.45, 2.75) is 19.6 Å². The molecule has 1 heterocycles. The third-order valence-electron chi connectivity index (χ3n) is 2.69. The van der Waals surface area contributed by atoms with Gasteiger partial charge in [-0.05, 0) is 19.1 Å². The summed E-state index contributed by atoms with van der Waals surface area (Å²) in [6.07, 6.45) is -2.74. The molecule has 1 aromatic carbocycles. The van der Waals surface area contributed by atoms with E-state index in [2.05, 4.69) is 9.97 Å². The predicted molar refractivity (Wildman–Crippen MR) is 65.1 cm³/mol. The lowest BCUT2D eigenvalue weighted by molar-refractivity contribution is -0.137. The highest BCUT2D eigenvalue weighted by Crippen LogP contribution is 2.31. The summed E-state index contributed by atoms with van der Waals surface area (Å²) in [5.74, 6) is 0.548. The van der Waals surface area contributed by atoms with Gasteiger partial charge >= 0.3 is 6.18 Å². The Labute approximate surface area is 108 Å². The molecule has 2 rings (SSSR count). The van der Waals surface area contributed by atoms with E-state index < -0.39 is 11.7 Å². The summed E-state index contributed by atoms with van der Waals surface area (Å²) < 4.78 is 37.5. The van der Waals surface area contributed by atoms with Crippen LogP contribution in [0, 0.1) is 6.92 Å². The van der Waals surface area contributed by atoms with Gasteiger partial charge in [-0.2, -0.15) is 13.2 Å². The first kappa shape index (κ1) is 13.5. The van der Waals surface area contributed by atoms with Gasteiger partial charge in [-0.3, -0.25) is 0 Å². The van der Waals surface area contributed by atoms with Gasteiger partial charge in [-0.15, -0.1) is 0 Å². The second kappa shape index (κ2) is 4.97. The smallest absolute Gasteiger partial charge is 0.326 e. The van der Waals surface area contributed by atoms with Crippen LogP contribution in [0.5, 0.6) is 0 Å². The molecule has 0 fully saturated rings. The van der Waals surface area contributed by atoms with Crippen LogP contribution in [0.2, 0.25) is 0 Å². The van der Waals surface area contributed by atoms with Crippen LogP contribution in [0.25, 0.3) is 11.3 Å². The zero-order valence-corrected chi connectivity index (χ0v) is 10.2. The molecular formula is C13H12F3N3. The Morgan fingerprint density at radius 3 is 2.32 bits per heavy atom. The fourth-order valence-electron chi connectivity index (χ4n) is 1.71. The van der Waals surface area contributed by atoms with Gasteiger partial charge in [-0.1, -0.05) is 12.1 Å². The maximum absolute atomic E-state index is 12.5. The van der Waals surface area contributed by atoms with Crippen LogP contribution < -0.4 is 5.73 Å². The molecule has 2 aromatic rings. The van der Waals surface area contributed by atoms with Crippen molar-refractivity contribution in [2.24, 2.45) is 5.73 Å². The van der Waals surface area contributed by atoms with Crippen LogP contribution in [0.3, 0.4) is 0 Å². The van der Waals surface area contributed by atoms with Crippen molar-refractivity contribution in [1.82, 2.24) is 9.97 Å². The minimum atomic E-state index is -4.34. The number of nitrogens with zero attached hydrogens (tertiary/aromatic N) is 2. The van der Waals surface area contributed by atoms with Crippen molar-refractivity contribution in [2.75, 3.05) is 0 Å². The molecule has 0 aliphatic heterocycles. The Balaban J connectivity index is 2.45. The minimum absolute atomic E-state index is 0.233. The van der Waals surface area contributed by atoms with Gasteiger partial charge in [0.05, 0.1) is 11.3 Å². The summed E-state index contributed by atoms with van der Waals surface area (Å²) in [5, 5.41) is 0. The number of hydrogen-bond donors (Lipinski definition) is 1. The summed E-state index contributed by atoms with van der Waals surface area (Å²) in [4.78, 5) is 8.26. The highest BCUT2D eigenvalue weighted by Gasteiger charge is 2.30. The number of aryl methyl sites for hydroxylation is 1. The molecular weight excluding hydrogens is 255 g/mol. The van der Waals surface area contributed by atoms with E-state index in [0.717, 1.165) is 12.1 Å². The second-order valence-electron chi connectivity index (χ2n) is 4.07. The maximum atomic E-state index is 12.5. The van der Waals surface area contributed by atoms with Crippen molar-refractivity contribution >= 4 is 0 Å². The fraction of sp³-hybridized carbons (Fsp3) is 0.231. The second-order valence-corrected chi connectivity index (χ2v) is 4.07. The quantitative estimate of drug-likeness (QED) is 0.910. The Hall–Kier alpha value is -1.95. The normalized spacial score (nSPS) is 11.6. The molecule has 0 aliphatic carbocycles. The zero-order chi connectivity index (χ0) is 14.0. The number of nitrogens with two attached hydrogens (primary N) is 1. The highest BCUT2D eigenvalue weighted by molar-refractivity contribution is 5.63. The molecule has 0 spiro atoms. The van der Waals surface area contributed by atoms with E-state index in [1.807, 2.05) is 0 Å². The molecule has 1 aromatic heterocycles. The zero-order valence-electron chi connectivity index (χ0n) is 10.2. The number of rotatable bonds is 2. The van der Waals surface area contributed by atoms with Crippen LogP contribution in [0.1, 0.15) is 17.0 Å². The summed E-state index contributed by atoms with van der Waals surface area (Å²) in [7, 11) is 0. The molecule has 6 heteroatoms. The van der Waals surface area contributed by atoms with Crippen molar-refractivity contribution in [3.05, 3.63) is 47.4 Å². The molecule has 0 aliphatic rings. The average molecular weight is 267 g/mol. The van der Waals surface area contributed by atoms with Crippen LogP contribution in [0.15, 0.2) is 30.5 Å². The van der Waals surface area contributed by atoms with Crippen molar-refractivity contribution in [3.8, 4) is 11.3 Å². The lowest BCUT2D eigenvalue weighted by atomic mass is 10.0. The van der Waals surface area contributed by atoms with Crippen LogP contribution in [0.4, 0.5) is 13.2 Å². The molecule has 0 unspecified atom stereocenters. The Kier molecular flexibility index (Phi) is 3.53. The lowest BCUT2D eigenvalue weighted by Gasteiger charge is -2.10. The lowest BCUT2D eigenvalue weighted by Crippen LogP contribution is -2.06. The molecule has 0 amide bonds. The monoisotopic (exact) mass is 267 g/mol. The average Bonchev–Trinajstić information content (AvgIpc) is 2.38. The van der Waals surface area contributed by atoms with Gasteiger partial charge in [0.1, 0.15) is 5.82 Å². The highest BCUT2D eigenvalue weighted by atomic mass is 19.4. The van der Waals surface area contributed by atoms with E-state index in [1.54, 1.807) is 13.1 Å². The molecule has 0 bridgehead atoms. The number of aromatic nitrogens is 2. The molecule has 0 saturated heterocycles. The van der Waals surface area contributed by atoms with Gasteiger partial charge in [0.15, 0.2) is 0 Å². The van der Waals surface area contributed by atoms with E-state index in [0.29, 0.717) is 22.6 Å². The van der Waals surface area contributed by atoms with Gasteiger partial charge in [-0.25, -0.2) is 9.97 Å². The maximum Gasteiger partial charge on any atom is 0.416 e. The first-order valence-electron chi connectivity index (χ1n) is 5.62. The number of hydrogen-bond acceptors (Lipinski definition) is 3. The van der Waals surface area contributed by atoms with Gasteiger partial charge in [0.2, 0.25) is 0 Å². The van der Waals surface area contributed by atoms with Crippen molar-refractivity contribution in [1.29, 1.82) is 0 Å². The molecule has 0 radical (unpaired) electrons. The van der Waals surface area contributed by atoms with E-state index in [9.17, 15) is 13.2 Å². The molecule has 2 N–H and O–H groups in total. The van der Waals surface area contributed by atoms with E-state index >= 15 is 0 Å². The first-order chi connectivity index (χ1) is 8.91. The standard InChI is InChI=1S/C13H12F3N3/c1-8-18-7-10(6-17)12(19-8)9-2-4-11(5-3-9)13(14,15)16/h2-5,7H,6,17H2,1H3. The number of benzene rings is 1. The van der Waals surface area contributed by atoms with Gasteiger partial charge in [0.25, 0.3) is 0 Å². The van der Waals surface area contributed by atoms with Crippen LogP contribution >= 0.6 is 0 Å². The van der Waals surface area contributed by atoms with Gasteiger partial charge < -0.3 is 5.73 Å². The molecule has 0 saturated carbocycles. The SMILES string of the molecule is Cc1ncc(CN)c(-c2ccc(C(F)(F)F)cc2)n1. The number of halogens is 3. The predicted octanol–water partition coefficient (Wildman–Crippen LogP) is 2.93. The Morgan fingerprint density at radius 1 is 1.16 bits per heavy atom. The Morgan fingerprint density at radius 2 is 1.79 bits per heavy atom. The Bertz CT molecular complexity index is 577. The minimum Gasteiger partial charge on any atom is -0.326 e. The summed E-state index contributed by atoms with van der Waals surface area (Å²) in [6, 6.07) is 4.85. The first-order valence-corrected chi connectivity index (χ1v) is 5.62. The topological polar surface area (TPSA) is 51.8 Å². The molecule has 0 atom stereocenters. The van der Waals surface area contributed by atoms with E-state index in [4.69, 9.17) is 5.73 Å². The van der Waals surface area contributed by atoms with Gasteiger partial charge in [0, 0.05) is 23.9 Å². The summed E-state index contributed by atoms with van der Waals surface area (Å²) >= 11 is 0. The van der Waals surface area contributed by atoms with E-state index in [1.165, 1.54) is 12.1 Å². The fourth-order valence-corrected chi connectivity index (χ4v) is 1.71. The molecule has 3 nitrogen and oxygen atoms in total. The summed E-state index contributed by atoms with van der Waals surface area (Å²) in [6.45, 7) is 1.95. The van der Waals surface area contributed by atoms with Crippen molar-refractivity contribution < 1.29 is 13.2 Å². The molecule has 100 valence electrons. The van der Waals surface area contributed by atoms with E-state index in [-0.39, 0.29) is 6.54 Å². The van der Waals surface area contributed by atoms with Crippen molar-refractivity contribution in [3.63, 3.8) is 0 Å². The summed E-state index contributed by atoms with van der Waals surface area (Å²) in [5.41, 5.74) is 6.76. The third kappa shape index (κ3) is 2.90. The van der Waals surface area contributed by atoms with Crippen LogP contribution in [-0.4, -0.2) is 9.97 Å². The van der Waals surface area contributed by atoms with Crippen LogP contribution in [-0.2, 0) is 12.7 Å². The molecule has 19 heavy (non-hydrogen) atoms. The largest absolute Gasteiger partial charge is 0.416 e. The number of alkyl halides is 3.